The van der Waals surface area contributed by atoms with E-state index in [2.05, 4.69) is 14.1 Å². The average Bonchev–Trinajstić information content (AvgIpc) is 3.38. The van der Waals surface area contributed by atoms with Crippen molar-refractivity contribution in [3.63, 3.8) is 0 Å². The summed E-state index contributed by atoms with van der Waals surface area (Å²) in [6, 6.07) is 8.01. The predicted octanol–water partition coefficient (Wildman–Crippen LogP) is -6.05. The van der Waals surface area contributed by atoms with Gasteiger partial charge in [0.2, 0.25) is 5.60 Å². The summed E-state index contributed by atoms with van der Waals surface area (Å²) >= 11 is 2.74. The van der Waals surface area contributed by atoms with Crippen LogP contribution in [0.4, 0.5) is 0 Å². The molecule has 5 saturated heterocycles. The molecule has 2 aromatic rings. The lowest BCUT2D eigenvalue weighted by Gasteiger charge is -2.45. The minimum atomic E-state index is -1.74. The van der Waals surface area contributed by atoms with E-state index in [1.807, 2.05) is 22.9 Å². The first kappa shape index (κ1) is 40.0. The number of carbonyl (C=O) groups excluding carboxylic acids is 1. The second-order valence-electron chi connectivity index (χ2n) is 13.5. The molecular weight excluding hydrogens is 770 g/mol. The number of aliphatic hydroxyl groups is 9. The Morgan fingerprint density at radius 1 is 0.820 bits per heavy atom. The second kappa shape index (κ2) is 15.6. The van der Waals surface area contributed by atoms with E-state index < -0.39 is 86.2 Å². The summed E-state index contributed by atoms with van der Waals surface area (Å²) in [5.74, 6) is -0.561. The maximum Gasteiger partial charge on any atom is 0.349 e. The summed E-state index contributed by atoms with van der Waals surface area (Å²) in [4.78, 5) is 14.3. The molecule has 19 heteroatoms. The first-order valence-corrected chi connectivity index (χ1v) is 17.8. The van der Waals surface area contributed by atoms with Gasteiger partial charge >= 0.3 is 5.97 Å². The highest BCUT2D eigenvalue weighted by Crippen LogP contribution is 2.52. The minimum Gasteiger partial charge on any atom is -1.00 e. The standard InChI is InChI=1S/C19H22NO4S2.C12H22O11.BrH/c1-20(2)12-9-11(10-13(20)17-16(12)24-17)23-18(21)19(22,14-5-3-7-25-14)15-6-4-8-26-15;13-1-3-5(15)6(16)9(19)12(22-3)23-10-4(2-14)21-11(20)8(18)7(10)17;/h3-8,11-13,16-17,22H,9-10H2,1-2H3;3-20H,1-2H2;1H/q+1;;/p-1/t11-,12-,13+,16-,17+;3-,4-,5+,6+,7-,8-,9-,10-,11-,12+;/m.1./s1. The summed E-state index contributed by atoms with van der Waals surface area (Å²) in [6.45, 7) is -1.35. The van der Waals surface area contributed by atoms with Crippen LogP contribution in [0.25, 0.3) is 0 Å². The third-order valence-corrected chi connectivity index (χ3v) is 12.3. The Hall–Kier alpha value is -1.21. The van der Waals surface area contributed by atoms with Gasteiger partial charge in [0.15, 0.2) is 12.6 Å². The monoisotopic (exact) mass is 813 g/mol. The molecule has 0 unspecified atom stereocenters. The number of ether oxygens (including phenoxy) is 5. The molecule has 7 rings (SSSR count). The van der Waals surface area contributed by atoms with Gasteiger partial charge in [0.25, 0.3) is 0 Å². The van der Waals surface area contributed by atoms with Gasteiger partial charge in [-0.3, -0.25) is 0 Å². The number of esters is 1. The van der Waals surface area contributed by atoms with Crippen molar-refractivity contribution in [2.45, 2.75) is 110 Å². The molecule has 0 amide bonds. The van der Waals surface area contributed by atoms with Crippen LogP contribution in [0.3, 0.4) is 0 Å². The number of aliphatic hydroxyl groups excluding tert-OH is 8. The summed E-state index contributed by atoms with van der Waals surface area (Å²) in [5, 5.41) is 91.6. The fourth-order valence-electron chi connectivity index (χ4n) is 7.40. The number of morpholine rings is 1. The smallest absolute Gasteiger partial charge is 0.349 e. The van der Waals surface area contributed by atoms with E-state index in [1.165, 1.54) is 22.7 Å². The summed E-state index contributed by atoms with van der Waals surface area (Å²) in [7, 11) is 4.49. The molecule has 0 saturated carbocycles. The molecule has 9 N–H and O–H groups in total. The summed E-state index contributed by atoms with van der Waals surface area (Å²) < 4.78 is 27.9. The van der Waals surface area contributed by atoms with Crippen LogP contribution in [0.5, 0.6) is 0 Å². The molecule has 2 aromatic heterocycles. The van der Waals surface area contributed by atoms with E-state index in [0.717, 1.165) is 17.3 Å². The van der Waals surface area contributed by atoms with Gasteiger partial charge < -0.3 is 91.1 Å². The van der Waals surface area contributed by atoms with Gasteiger partial charge in [0, 0.05) is 12.8 Å². The normalized spacial score (nSPS) is 41.6. The first-order chi connectivity index (χ1) is 23.2. The first-order valence-electron chi connectivity index (χ1n) is 16.0. The number of piperidine rings is 1. The zero-order valence-electron chi connectivity index (χ0n) is 27.1. The molecule has 16 nitrogen and oxygen atoms in total. The zero-order valence-corrected chi connectivity index (χ0v) is 30.3. The SMILES string of the molecule is C[N+]1(C)[C@@H]2C[C@@H](OC(=O)C(O)(c3cccs3)c3cccs3)C[C@H]1[C@@H]1O[C@@H]12.OC[C@H]1O[C@@H](O[C@H]2[C@H](O)[C@@H](O)[C@H](O)O[C@@H]2CO)[C@H](O)[C@@H](O)[C@H]1O.[Br-]. The van der Waals surface area contributed by atoms with E-state index in [4.69, 9.17) is 28.8 Å². The van der Waals surface area contributed by atoms with Gasteiger partial charge in [-0.2, -0.15) is 0 Å². The van der Waals surface area contributed by atoms with Crippen molar-refractivity contribution in [3.8, 4) is 0 Å². The Morgan fingerprint density at radius 3 is 1.88 bits per heavy atom. The molecule has 7 heterocycles. The van der Waals surface area contributed by atoms with Crippen molar-refractivity contribution in [1.29, 1.82) is 0 Å². The van der Waals surface area contributed by atoms with Crippen LogP contribution in [-0.2, 0) is 34.1 Å². The van der Waals surface area contributed by atoms with Crippen molar-refractivity contribution < 1.29 is 95.9 Å². The van der Waals surface area contributed by atoms with Gasteiger partial charge in [-0.1, -0.05) is 12.1 Å². The van der Waals surface area contributed by atoms with Gasteiger partial charge in [-0.05, 0) is 22.9 Å². The Bertz CT molecular complexity index is 1350. The number of hydrogen-bond donors (Lipinski definition) is 9. The Labute approximate surface area is 305 Å². The Morgan fingerprint density at radius 2 is 1.38 bits per heavy atom. The van der Waals surface area contributed by atoms with Crippen LogP contribution < -0.4 is 17.0 Å². The highest BCUT2D eigenvalue weighted by atomic mass is 79.9. The molecule has 5 aliphatic rings. The Balaban J connectivity index is 0.000000192. The number of epoxide rings is 1. The number of hydrogen-bond acceptors (Lipinski definition) is 17. The van der Waals surface area contributed by atoms with E-state index in [1.54, 1.807) is 12.1 Å². The number of rotatable bonds is 8. The molecule has 5 aliphatic heterocycles. The molecule has 2 bridgehead atoms. The Kier molecular flexibility index (Phi) is 12.5. The van der Waals surface area contributed by atoms with Gasteiger partial charge in [0.1, 0.15) is 79.2 Å². The van der Waals surface area contributed by atoms with E-state index >= 15 is 0 Å². The van der Waals surface area contributed by atoms with Crippen LogP contribution in [0.2, 0.25) is 0 Å². The number of carbonyl (C=O) groups is 1. The molecule has 50 heavy (non-hydrogen) atoms. The number of thiophene rings is 2. The van der Waals surface area contributed by atoms with Crippen LogP contribution in [0, 0.1) is 0 Å². The maximum atomic E-state index is 13.1. The highest BCUT2D eigenvalue weighted by Gasteiger charge is 2.71. The fourth-order valence-corrected chi connectivity index (χ4v) is 9.11. The quantitative estimate of drug-likeness (QED) is 0.0684. The average molecular weight is 815 g/mol. The molecule has 15 atom stereocenters. The van der Waals surface area contributed by atoms with Gasteiger partial charge in [-0.15, -0.1) is 22.7 Å². The van der Waals surface area contributed by atoms with Crippen molar-refractivity contribution >= 4 is 28.6 Å². The van der Waals surface area contributed by atoms with Crippen molar-refractivity contribution in [2.75, 3.05) is 27.3 Å². The lowest BCUT2D eigenvalue weighted by molar-refractivity contribution is -0.938. The molecule has 282 valence electrons. The van der Waals surface area contributed by atoms with Crippen molar-refractivity contribution in [1.82, 2.24) is 0 Å². The zero-order chi connectivity index (χ0) is 35.4. The van der Waals surface area contributed by atoms with E-state index in [-0.39, 0.29) is 23.1 Å². The predicted molar refractivity (Wildman–Crippen MR) is 168 cm³/mol. The molecular formula is C31H44BrNO15S2. The van der Waals surface area contributed by atoms with Gasteiger partial charge in [-0.25, -0.2) is 4.79 Å². The van der Waals surface area contributed by atoms with Crippen molar-refractivity contribution in [3.05, 3.63) is 44.8 Å². The van der Waals surface area contributed by atoms with Gasteiger partial charge in [0.05, 0.1) is 37.1 Å². The minimum absolute atomic E-state index is 0. The molecule has 5 fully saturated rings. The van der Waals surface area contributed by atoms with E-state index in [0.29, 0.717) is 34.0 Å². The number of nitrogens with zero attached hydrogens (tertiary/aromatic N) is 1. The topological polar surface area (TPSA) is 249 Å². The third-order valence-electron chi connectivity index (χ3n) is 10.3. The van der Waals surface area contributed by atoms with Crippen LogP contribution >= 0.6 is 22.7 Å². The number of halogens is 1. The second-order valence-corrected chi connectivity index (χ2v) is 15.4. The fraction of sp³-hybridized carbons (Fsp3) is 0.710. The largest absolute Gasteiger partial charge is 1.00 e. The summed E-state index contributed by atoms with van der Waals surface area (Å²) in [6.07, 6.45) is -13.5. The molecule has 0 radical (unpaired) electrons. The lowest BCUT2D eigenvalue weighted by Crippen LogP contribution is -3.00. The summed E-state index contributed by atoms with van der Waals surface area (Å²) in [5.41, 5.74) is -1.72. The van der Waals surface area contributed by atoms with Crippen molar-refractivity contribution in [2.24, 2.45) is 0 Å². The number of likely N-dealkylation sites (N-methyl/N-ethyl adjacent to an activating group) is 1. The third kappa shape index (κ3) is 7.19. The van der Waals surface area contributed by atoms with Crippen LogP contribution in [0.1, 0.15) is 22.6 Å². The number of quaternary nitrogens is 1. The molecule has 0 aromatic carbocycles. The van der Waals surface area contributed by atoms with Crippen LogP contribution in [-0.4, -0.2) is 176 Å². The number of fused-ring (bicyclic) bond motifs is 5. The lowest BCUT2D eigenvalue weighted by atomic mass is 9.95. The van der Waals surface area contributed by atoms with E-state index in [9.17, 15) is 45.6 Å². The maximum absolute atomic E-state index is 13.1. The highest BCUT2D eigenvalue weighted by molar-refractivity contribution is 7.12. The molecule has 0 spiro atoms. The molecule has 0 aliphatic carbocycles. The van der Waals surface area contributed by atoms with Crippen LogP contribution in [0.15, 0.2) is 35.0 Å².